The largest absolute Gasteiger partial charge is 0.336 e. The summed E-state index contributed by atoms with van der Waals surface area (Å²) in [4.78, 5) is 4.38. The number of anilines is 2. The van der Waals surface area contributed by atoms with Crippen LogP contribution in [0.15, 0.2) is 12.3 Å². The Morgan fingerprint density at radius 3 is 2.61 bits per heavy atom. The molecule has 0 aliphatic heterocycles. The minimum absolute atomic E-state index is 0.573. The Balaban J connectivity index is 2.46. The Bertz CT molecular complexity index is 634. The quantitative estimate of drug-likeness (QED) is 0.876. The van der Waals surface area contributed by atoms with E-state index < -0.39 is 0 Å². The number of aryl methyl sites for hydroxylation is 4. The zero-order valence-electron chi connectivity index (χ0n) is 10.9. The summed E-state index contributed by atoms with van der Waals surface area (Å²) >= 11 is 0. The lowest BCUT2D eigenvalue weighted by Crippen LogP contribution is -2.01. The minimum Gasteiger partial charge on any atom is -0.336 e. The molecule has 0 aliphatic rings. The molecule has 2 aromatic rings. The van der Waals surface area contributed by atoms with E-state index in [1.807, 2.05) is 40.1 Å². The third kappa shape index (κ3) is 2.18. The zero-order valence-corrected chi connectivity index (χ0v) is 10.9. The van der Waals surface area contributed by atoms with Crippen LogP contribution >= 0.6 is 0 Å². The first-order chi connectivity index (χ1) is 8.51. The van der Waals surface area contributed by atoms with E-state index >= 15 is 0 Å². The molecule has 2 heterocycles. The lowest BCUT2D eigenvalue weighted by atomic mass is 10.1. The predicted molar refractivity (Wildman–Crippen MR) is 69.7 cm³/mol. The van der Waals surface area contributed by atoms with Crippen LogP contribution in [-0.2, 0) is 7.05 Å². The van der Waals surface area contributed by atoms with Crippen LogP contribution in [0, 0.1) is 32.1 Å². The molecule has 0 unspecified atom stereocenters. The molecule has 2 rings (SSSR count). The smallest absolute Gasteiger partial charge is 0.148 e. The van der Waals surface area contributed by atoms with Crippen LogP contribution in [0.1, 0.15) is 22.5 Å². The van der Waals surface area contributed by atoms with Crippen molar-refractivity contribution >= 4 is 11.5 Å². The average Bonchev–Trinajstić information content (AvgIpc) is 2.57. The van der Waals surface area contributed by atoms with E-state index in [-0.39, 0.29) is 0 Å². The lowest BCUT2D eigenvalue weighted by Gasteiger charge is -2.09. The molecular formula is C13H15N5. The Labute approximate surface area is 106 Å². The predicted octanol–water partition coefficient (Wildman–Crippen LogP) is 2.36. The van der Waals surface area contributed by atoms with E-state index in [4.69, 9.17) is 0 Å². The summed E-state index contributed by atoms with van der Waals surface area (Å²) in [6.07, 6.45) is 1.87. The minimum atomic E-state index is 0.573. The zero-order chi connectivity index (χ0) is 13.3. The molecule has 0 aliphatic carbocycles. The third-order valence-electron chi connectivity index (χ3n) is 2.72. The summed E-state index contributed by atoms with van der Waals surface area (Å²) in [7, 11) is 1.86. The maximum absolute atomic E-state index is 9.19. The molecule has 0 saturated carbocycles. The summed E-state index contributed by atoms with van der Waals surface area (Å²) in [5, 5.41) is 16.6. The van der Waals surface area contributed by atoms with E-state index in [0.29, 0.717) is 11.4 Å². The number of rotatable bonds is 2. The molecule has 1 N–H and O–H groups in total. The van der Waals surface area contributed by atoms with Gasteiger partial charge in [-0.25, -0.2) is 4.98 Å². The van der Waals surface area contributed by atoms with Gasteiger partial charge in [-0.3, -0.25) is 4.68 Å². The molecule has 0 radical (unpaired) electrons. The third-order valence-corrected chi connectivity index (χ3v) is 2.72. The van der Waals surface area contributed by atoms with Crippen molar-refractivity contribution in [1.29, 1.82) is 5.26 Å². The van der Waals surface area contributed by atoms with Gasteiger partial charge in [-0.05, 0) is 32.4 Å². The standard InChI is InChI=1S/C13H15N5/c1-8-5-9(2)15-13(11(8)6-14)16-12-7-18(4)17-10(12)3/h5,7H,1-4H3,(H,15,16). The van der Waals surface area contributed by atoms with E-state index in [1.54, 1.807) is 4.68 Å². The Morgan fingerprint density at radius 2 is 2.06 bits per heavy atom. The highest BCUT2D eigenvalue weighted by atomic mass is 15.3. The molecule has 0 bridgehead atoms. The van der Waals surface area contributed by atoms with E-state index in [0.717, 1.165) is 22.6 Å². The molecular weight excluding hydrogens is 226 g/mol. The number of nitriles is 1. The lowest BCUT2D eigenvalue weighted by molar-refractivity contribution is 0.756. The summed E-state index contributed by atoms with van der Waals surface area (Å²) in [5.41, 5.74) is 4.13. The summed E-state index contributed by atoms with van der Waals surface area (Å²) < 4.78 is 1.73. The average molecular weight is 241 g/mol. The second kappa shape index (κ2) is 4.49. The fraction of sp³-hybridized carbons (Fsp3) is 0.308. The van der Waals surface area contributed by atoms with Crippen LogP contribution in [0.5, 0.6) is 0 Å². The molecule has 0 atom stereocenters. The van der Waals surface area contributed by atoms with Crippen LogP contribution in [0.25, 0.3) is 0 Å². The molecule has 92 valence electrons. The van der Waals surface area contributed by atoms with Gasteiger partial charge >= 0.3 is 0 Å². The van der Waals surface area contributed by atoms with E-state index in [2.05, 4.69) is 21.5 Å². The van der Waals surface area contributed by atoms with Gasteiger partial charge in [0.25, 0.3) is 0 Å². The van der Waals surface area contributed by atoms with Gasteiger partial charge < -0.3 is 5.32 Å². The highest BCUT2D eigenvalue weighted by Gasteiger charge is 2.11. The van der Waals surface area contributed by atoms with Gasteiger partial charge in [0.05, 0.1) is 16.9 Å². The SMILES string of the molecule is Cc1cc(C)c(C#N)c(Nc2cn(C)nc2C)n1. The first-order valence-corrected chi connectivity index (χ1v) is 5.67. The van der Waals surface area contributed by atoms with Crippen molar-refractivity contribution in [3.8, 4) is 6.07 Å². The summed E-state index contributed by atoms with van der Waals surface area (Å²) in [6, 6.07) is 4.09. The molecule has 5 nitrogen and oxygen atoms in total. The highest BCUT2D eigenvalue weighted by Crippen LogP contribution is 2.23. The second-order valence-corrected chi connectivity index (χ2v) is 4.34. The molecule has 18 heavy (non-hydrogen) atoms. The Morgan fingerprint density at radius 1 is 1.33 bits per heavy atom. The fourth-order valence-electron chi connectivity index (χ4n) is 1.92. The highest BCUT2D eigenvalue weighted by molar-refractivity contribution is 5.65. The van der Waals surface area contributed by atoms with Crippen LogP contribution in [0.2, 0.25) is 0 Å². The maximum Gasteiger partial charge on any atom is 0.148 e. The second-order valence-electron chi connectivity index (χ2n) is 4.34. The monoisotopic (exact) mass is 241 g/mol. The molecule has 0 spiro atoms. The van der Waals surface area contributed by atoms with Crippen molar-refractivity contribution in [3.63, 3.8) is 0 Å². The van der Waals surface area contributed by atoms with Gasteiger partial charge in [0, 0.05) is 18.9 Å². The molecule has 0 amide bonds. The van der Waals surface area contributed by atoms with Gasteiger partial charge in [-0.1, -0.05) is 0 Å². The van der Waals surface area contributed by atoms with Crippen molar-refractivity contribution in [2.45, 2.75) is 20.8 Å². The van der Waals surface area contributed by atoms with Gasteiger partial charge in [0.15, 0.2) is 0 Å². The number of nitrogens with one attached hydrogen (secondary N) is 1. The number of hydrogen-bond donors (Lipinski definition) is 1. The molecule has 5 heteroatoms. The van der Waals surface area contributed by atoms with Crippen LogP contribution in [0.3, 0.4) is 0 Å². The van der Waals surface area contributed by atoms with Gasteiger partial charge in [-0.15, -0.1) is 0 Å². The van der Waals surface area contributed by atoms with Crippen LogP contribution in [0.4, 0.5) is 11.5 Å². The van der Waals surface area contributed by atoms with Crippen LogP contribution in [-0.4, -0.2) is 14.8 Å². The normalized spacial score (nSPS) is 10.2. The number of hydrogen-bond acceptors (Lipinski definition) is 4. The first-order valence-electron chi connectivity index (χ1n) is 5.67. The molecule has 0 fully saturated rings. The Hall–Kier alpha value is -2.35. The first kappa shape index (κ1) is 12.1. The van der Waals surface area contributed by atoms with Crippen molar-refractivity contribution in [2.24, 2.45) is 7.05 Å². The Kier molecular flexibility index (Phi) is 3.02. The van der Waals surface area contributed by atoms with Crippen molar-refractivity contribution in [2.75, 3.05) is 5.32 Å². The van der Waals surface area contributed by atoms with Crippen molar-refractivity contribution in [3.05, 3.63) is 34.8 Å². The van der Waals surface area contributed by atoms with Gasteiger partial charge in [0.1, 0.15) is 11.9 Å². The van der Waals surface area contributed by atoms with E-state index in [9.17, 15) is 5.26 Å². The molecule has 0 saturated heterocycles. The molecule has 0 aromatic carbocycles. The molecule has 2 aromatic heterocycles. The maximum atomic E-state index is 9.19. The summed E-state index contributed by atoms with van der Waals surface area (Å²) in [5.74, 6) is 0.589. The van der Waals surface area contributed by atoms with Crippen molar-refractivity contribution < 1.29 is 0 Å². The number of pyridine rings is 1. The van der Waals surface area contributed by atoms with Gasteiger partial charge in [0.2, 0.25) is 0 Å². The number of nitrogens with zero attached hydrogens (tertiary/aromatic N) is 4. The van der Waals surface area contributed by atoms with E-state index in [1.165, 1.54) is 0 Å². The fourth-order valence-corrected chi connectivity index (χ4v) is 1.92. The van der Waals surface area contributed by atoms with Gasteiger partial charge in [-0.2, -0.15) is 10.4 Å². The summed E-state index contributed by atoms with van der Waals surface area (Å²) in [6.45, 7) is 5.74. The van der Waals surface area contributed by atoms with Crippen molar-refractivity contribution in [1.82, 2.24) is 14.8 Å². The number of aromatic nitrogens is 3. The van der Waals surface area contributed by atoms with Crippen LogP contribution < -0.4 is 5.32 Å². The topological polar surface area (TPSA) is 66.5 Å².